The summed E-state index contributed by atoms with van der Waals surface area (Å²) in [5.41, 5.74) is 2.07. The summed E-state index contributed by atoms with van der Waals surface area (Å²) in [6.07, 6.45) is 2.01. The van der Waals surface area contributed by atoms with E-state index in [-0.39, 0.29) is 5.91 Å². The fourth-order valence-corrected chi connectivity index (χ4v) is 3.42. The van der Waals surface area contributed by atoms with E-state index in [1.807, 2.05) is 28.9 Å². The van der Waals surface area contributed by atoms with Gasteiger partial charge in [0.05, 0.1) is 18.0 Å². The second-order valence-electron chi connectivity index (χ2n) is 6.81. The maximum Gasteiger partial charge on any atom is 0.256 e. The molecule has 0 fully saturated rings. The Hall–Kier alpha value is -3.12. The lowest BCUT2D eigenvalue weighted by atomic mass is 10.1. The SMILES string of the molecule is CCCCn1nc(NC(=O)c2cccc(Cl)c2)c2cc3cc(OC)ccc3nc21. The number of rotatable bonds is 6. The molecule has 0 saturated carbocycles. The molecule has 4 rings (SSSR count). The molecule has 1 amide bonds. The highest BCUT2D eigenvalue weighted by molar-refractivity contribution is 6.31. The van der Waals surface area contributed by atoms with Gasteiger partial charge in [-0.1, -0.05) is 31.0 Å². The van der Waals surface area contributed by atoms with Gasteiger partial charge >= 0.3 is 0 Å². The summed E-state index contributed by atoms with van der Waals surface area (Å²) in [7, 11) is 1.63. The summed E-state index contributed by atoms with van der Waals surface area (Å²) >= 11 is 6.02. The quantitative estimate of drug-likeness (QED) is 0.470. The first-order valence-electron chi connectivity index (χ1n) is 9.51. The summed E-state index contributed by atoms with van der Waals surface area (Å²) in [6.45, 7) is 2.86. The number of benzene rings is 2. The van der Waals surface area contributed by atoms with Crippen molar-refractivity contribution in [3.63, 3.8) is 0 Å². The Morgan fingerprint density at radius 1 is 1.21 bits per heavy atom. The number of nitrogens with zero attached hydrogens (tertiary/aromatic N) is 3. The lowest BCUT2D eigenvalue weighted by Gasteiger charge is -2.05. The van der Waals surface area contributed by atoms with E-state index in [2.05, 4.69) is 17.3 Å². The number of nitrogens with one attached hydrogen (secondary N) is 1. The molecule has 0 radical (unpaired) electrons. The normalized spacial score (nSPS) is 11.1. The molecule has 0 atom stereocenters. The molecule has 0 aliphatic carbocycles. The number of anilines is 1. The van der Waals surface area contributed by atoms with Crippen LogP contribution in [0.25, 0.3) is 21.9 Å². The van der Waals surface area contributed by atoms with E-state index in [4.69, 9.17) is 21.3 Å². The van der Waals surface area contributed by atoms with Crippen molar-refractivity contribution in [2.45, 2.75) is 26.3 Å². The minimum atomic E-state index is -0.264. The Kier molecular flexibility index (Phi) is 5.36. The lowest BCUT2D eigenvalue weighted by molar-refractivity contribution is 0.102. The molecule has 0 aliphatic heterocycles. The van der Waals surface area contributed by atoms with Gasteiger partial charge in [0.15, 0.2) is 11.5 Å². The monoisotopic (exact) mass is 408 g/mol. The number of halogens is 1. The van der Waals surface area contributed by atoms with Gasteiger partial charge in [-0.2, -0.15) is 5.10 Å². The lowest BCUT2D eigenvalue weighted by Crippen LogP contribution is -2.13. The van der Waals surface area contributed by atoms with Crippen LogP contribution in [0.3, 0.4) is 0 Å². The molecule has 7 heteroatoms. The number of aromatic nitrogens is 3. The van der Waals surface area contributed by atoms with E-state index in [1.165, 1.54) is 0 Å². The van der Waals surface area contributed by atoms with Crippen LogP contribution in [0.1, 0.15) is 30.1 Å². The van der Waals surface area contributed by atoms with E-state index in [9.17, 15) is 4.79 Å². The minimum absolute atomic E-state index is 0.264. The van der Waals surface area contributed by atoms with E-state index in [0.717, 1.165) is 47.1 Å². The number of methoxy groups -OCH3 is 1. The van der Waals surface area contributed by atoms with Crippen LogP contribution in [-0.2, 0) is 6.54 Å². The van der Waals surface area contributed by atoms with Crippen LogP contribution in [0, 0.1) is 0 Å². The topological polar surface area (TPSA) is 69.0 Å². The molecule has 0 bridgehead atoms. The van der Waals surface area contributed by atoms with Crippen LogP contribution >= 0.6 is 11.6 Å². The van der Waals surface area contributed by atoms with Crippen molar-refractivity contribution in [2.24, 2.45) is 0 Å². The highest BCUT2D eigenvalue weighted by atomic mass is 35.5. The molecule has 29 heavy (non-hydrogen) atoms. The maximum absolute atomic E-state index is 12.7. The van der Waals surface area contributed by atoms with E-state index in [1.54, 1.807) is 31.4 Å². The van der Waals surface area contributed by atoms with Crippen molar-refractivity contribution in [3.05, 3.63) is 59.1 Å². The first kappa shape index (κ1) is 19.2. The van der Waals surface area contributed by atoms with Gasteiger partial charge in [0, 0.05) is 22.5 Å². The first-order chi connectivity index (χ1) is 14.1. The fraction of sp³-hybridized carbons (Fsp3) is 0.227. The number of hydrogen-bond donors (Lipinski definition) is 1. The predicted molar refractivity (Wildman–Crippen MR) is 116 cm³/mol. The molecule has 2 aromatic heterocycles. The Morgan fingerprint density at radius 3 is 2.83 bits per heavy atom. The van der Waals surface area contributed by atoms with Gasteiger partial charge in [-0.15, -0.1) is 0 Å². The zero-order valence-electron chi connectivity index (χ0n) is 16.3. The average molecular weight is 409 g/mol. The largest absolute Gasteiger partial charge is 0.497 e. The number of carbonyl (C=O) groups is 1. The minimum Gasteiger partial charge on any atom is -0.497 e. The third kappa shape index (κ3) is 3.89. The molecule has 6 nitrogen and oxygen atoms in total. The Bertz CT molecular complexity index is 1200. The van der Waals surface area contributed by atoms with Gasteiger partial charge in [-0.05, 0) is 48.9 Å². The highest BCUT2D eigenvalue weighted by Gasteiger charge is 2.16. The van der Waals surface area contributed by atoms with E-state index < -0.39 is 0 Å². The third-order valence-electron chi connectivity index (χ3n) is 4.76. The summed E-state index contributed by atoms with van der Waals surface area (Å²) in [5, 5.41) is 9.78. The smallest absolute Gasteiger partial charge is 0.256 e. The summed E-state index contributed by atoms with van der Waals surface area (Å²) in [5.74, 6) is 0.972. The molecule has 1 N–H and O–H groups in total. The summed E-state index contributed by atoms with van der Waals surface area (Å²) in [6, 6.07) is 14.6. The van der Waals surface area contributed by atoms with Crippen LogP contribution in [0.15, 0.2) is 48.5 Å². The zero-order chi connectivity index (χ0) is 20.4. The van der Waals surface area contributed by atoms with Gasteiger partial charge < -0.3 is 10.1 Å². The Balaban J connectivity index is 1.80. The van der Waals surface area contributed by atoms with Crippen molar-refractivity contribution in [2.75, 3.05) is 12.4 Å². The molecular weight excluding hydrogens is 388 g/mol. The number of carbonyl (C=O) groups excluding carboxylic acids is 1. The van der Waals surface area contributed by atoms with Gasteiger partial charge in [-0.3, -0.25) is 4.79 Å². The highest BCUT2D eigenvalue weighted by Crippen LogP contribution is 2.28. The van der Waals surface area contributed by atoms with E-state index >= 15 is 0 Å². The van der Waals surface area contributed by atoms with Crippen LogP contribution in [-0.4, -0.2) is 27.8 Å². The second-order valence-corrected chi connectivity index (χ2v) is 7.24. The van der Waals surface area contributed by atoms with Crippen molar-refractivity contribution in [3.8, 4) is 5.75 Å². The van der Waals surface area contributed by atoms with Crippen LogP contribution in [0.5, 0.6) is 5.75 Å². The van der Waals surface area contributed by atoms with Gasteiger partial charge in [-0.25, -0.2) is 9.67 Å². The van der Waals surface area contributed by atoms with Gasteiger partial charge in [0.2, 0.25) is 0 Å². The standard InChI is InChI=1S/C22H21ClN4O2/c1-3-4-10-27-21-18(13-15-12-17(29-2)8-9-19(15)24-21)20(26-27)25-22(28)14-6-5-7-16(23)11-14/h5-9,11-13H,3-4,10H2,1-2H3,(H,25,26,28). The molecule has 2 heterocycles. The average Bonchev–Trinajstić information content (AvgIpc) is 3.06. The second kappa shape index (κ2) is 8.09. The number of ether oxygens (including phenoxy) is 1. The van der Waals surface area contributed by atoms with Gasteiger partial charge in [0.1, 0.15) is 5.75 Å². The fourth-order valence-electron chi connectivity index (χ4n) is 3.23. The Labute approximate surface area is 173 Å². The molecular formula is C22H21ClN4O2. The molecule has 0 spiro atoms. The molecule has 4 aromatic rings. The molecule has 0 unspecified atom stereocenters. The number of unbranched alkanes of at least 4 members (excludes halogenated alkanes) is 1. The number of fused-ring (bicyclic) bond motifs is 2. The maximum atomic E-state index is 12.7. The van der Waals surface area contributed by atoms with Gasteiger partial charge in [0.25, 0.3) is 5.91 Å². The zero-order valence-corrected chi connectivity index (χ0v) is 17.0. The molecule has 148 valence electrons. The van der Waals surface area contributed by atoms with Crippen molar-refractivity contribution >= 4 is 45.3 Å². The number of amides is 1. The van der Waals surface area contributed by atoms with E-state index in [0.29, 0.717) is 16.4 Å². The van der Waals surface area contributed by atoms with Crippen molar-refractivity contribution in [1.82, 2.24) is 14.8 Å². The predicted octanol–water partition coefficient (Wildman–Crippen LogP) is 5.30. The number of hydrogen-bond acceptors (Lipinski definition) is 4. The van der Waals surface area contributed by atoms with Crippen LogP contribution in [0.4, 0.5) is 5.82 Å². The van der Waals surface area contributed by atoms with Crippen LogP contribution < -0.4 is 10.1 Å². The van der Waals surface area contributed by atoms with Crippen molar-refractivity contribution in [1.29, 1.82) is 0 Å². The third-order valence-corrected chi connectivity index (χ3v) is 5.00. The Morgan fingerprint density at radius 2 is 2.07 bits per heavy atom. The summed E-state index contributed by atoms with van der Waals surface area (Å²) in [4.78, 5) is 17.5. The first-order valence-corrected chi connectivity index (χ1v) is 9.89. The number of aryl methyl sites for hydroxylation is 1. The molecule has 0 saturated heterocycles. The number of pyridine rings is 1. The van der Waals surface area contributed by atoms with Crippen molar-refractivity contribution < 1.29 is 9.53 Å². The molecule has 2 aromatic carbocycles. The summed E-state index contributed by atoms with van der Waals surface area (Å²) < 4.78 is 7.18. The van der Waals surface area contributed by atoms with Crippen LogP contribution in [0.2, 0.25) is 5.02 Å². The molecule has 0 aliphatic rings.